The van der Waals surface area contributed by atoms with Crippen molar-refractivity contribution in [2.45, 2.75) is 6.54 Å². The molecule has 0 spiro atoms. The summed E-state index contributed by atoms with van der Waals surface area (Å²) in [5, 5.41) is 14.3. The summed E-state index contributed by atoms with van der Waals surface area (Å²) in [5.41, 5.74) is 0.519. The number of carboxylic acid groups (broad SMARTS) is 1. The highest BCUT2D eigenvalue weighted by Gasteiger charge is 2.11. The van der Waals surface area contributed by atoms with Crippen LogP contribution in [0.15, 0.2) is 39.2 Å². The zero-order valence-electron chi connectivity index (χ0n) is 10.5. The number of furan rings is 1. The van der Waals surface area contributed by atoms with E-state index in [1.807, 2.05) is 0 Å². The Balaban J connectivity index is 1.92. The maximum atomic E-state index is 11.7. The van der Waals surface area contributed by atoms with Crippen molar-refractivity contribution in [3.63, 3.8) is 0 Å². The first-order valence-electron chi connectivity index (χ1n) is 5.78. The van der Waals surface area contributed by atoms with E-state index >= 15 is 0 Å². The first-order valence-corrected chi connectivity index (χ1v) is 6.95. The summed E-state index contributed by atoms with van der Waals surface area (Å²) in [7, 11) is 0. The molecular formula is C13H10BrClN2O4. The number of urea groups is 1. The van der Waals surface area contributed by atoms with Gasteiger partial charge in [-0.25, -0.2) is 9.59 Å². The number of anilines is 1. The van der Waals surface area contributed by atoms with Gasteiger partial charge in [-0.2, -0.15) is 0 Å². The highest BCUT2D eigenvalue weighted by molar-refractivity contribution is 9.10. The quantitative estimate of drug-likeness (QED) is 0.762. The van der Waals surface area contributed by atoms with E-state index < -0.39 is 12.0 Å². The lowest BCUT2D eigenvalue weighted by atomic mass is 10.3. The van der Waals surface area contributed by atoms with E-state index in [1.165, 1.54) is 12.1 Å². The number of benzene rings is 1. The fourth-order valence-electron chi connectivity index (χ4n) is 1.52. The normalized spacial score (nSPS) is 10.2. The smallest absolute Gasteiger partial charge is 0.371 e. The van der Waals surface area contributed by atoms with Crippen molar-refractivity contribution in [1.82, 2.24) is 5.32 Å². The average Bonchev–Trinajstić information content (AvgIpc) is 2.91. The second-order valence-electron chi connectivity index (χ2n) is 3.98. The van der Waals surface area contributed by atoms with Crippen LogP contribution in [0.4, 0.5) is 10.5 Å². The van der Waals surface area contributed by atoms with Crippen LogP contribution in [0, 0.1) is 0 Å². The number of carbonyl (C=O) groups excluding carboxylic acids is 1. The second-order valence-corrected chi connectivity index (χ2v) is 5.18. The minimum Gasteiger partial charge on any atom is -0.475 e. The number of halogens is 2. The van der Waals surface area contributed by atoms with Gasteiger partial charge in [-0.05, 0) is 40.2 Å². The van der Waals surface area contributed by atoms with E-state index in [-0.39, 0.29) is 12.3 Å². The van der Waals surface area contributed by atoms with Crippen molar-refractivity contribution in [2.75, 3.05) is 5.32 Å². The molecule has 0 bridgehead atoms. The number of carbonyl (C=O) groups is 2. The fourth-order valence-corrected chi connectivity index (χ4v) is 2.06. The number of carboxylic acids is 1. The summed E-state index contributed by atoms with van der Waals surface area (Å²) < 4.78 is 5.59. The molecule has 0 fully saturated rings. The zero-order chi connectivity index (χ0) is 15.4. The number of aromatic carboxylic acids is 1. The van der Waals surface area contributed by atoms with E-state index in [0.717, 1.165) is 0 Å². The Morgan fingerprint density at radius 3 is 2.71 bits per heavy atom. The van der Waals surface area contributed by atoms with Gasteiger partial charge in [-0.1, -0.05) is 17.7 Å². The van der Waals surface area contributed by atoms with E-state index in [4.69, 9.17) is 21.1 Å². The Labute approximate surface area is 133 Å². The molecule has 0 saturated heterocycles. The molecule has 0 saturated carbocycles. The van der Waals surface area contributed by atoms with Gasteiger partial charge in [0.15, 0.2) is 0 Å². The van der Waals surface area contributed by atoms with Gasteiger partial charge in [0.05, 0.1) is 21.7 Å². The molecule has 2 rings (SSSR count). The topological polar surface area (TPSA) is 91.6 Å². The summed E-state index contributed by atoms with van der Waals surface area (Å²) in [5.74, 6) is -0.994. The third-order valence-electron chi connectivity index (χ3n) is 2.50. The van der Waals surface area contributed by atoms with Gasteiger partial charge in [0.25, 0.3) is 0 Å². The number of rotatable bonds is 4. The van der Waals surface area contributed by atoms with Crippen LogP contribution in [0.25, 0.3) is 0 Å². The molecular weight excluding hydrogens is 364 g/mol. The molecule has 6 nitrogen and oxygen atoms in total. The fraction of sp³-hybridized carbons (Fsp3) is 0.0769. The lowest BCUT2D eigenvalue weighted by Crippen LogP contribution is -2.28. The minimum absolute atomic E-state index is 0.0668. The molecule has 1 aromatic heterocycles. The van der Waals surface area contributed by atoms with Gasteiger partial charge in [-0.15, -0.1) is 0 Å². The monoisotopic (exact) mass is 372 g/mol. The van der Waals surface area contributed by atoms with Crippen LogP contribution in [-0.2, 0) is 6.54 Å². The van der Waals surface area contributed by atoms with Gasteiger partial charge < -0.3 is 20.2 Å². The first kappa shape index (κ1) is 15.4. The molecule has 0 aliphatic carbocycles. The summed E-state index contributed by atoms with van der Waals surface area (Å²) in [6, 6.07) is 7.42. The van der Waals surface area contributed by atoms with Gasteiger partial charge >= 0.3 is 12.0 Å². The number of nitrogens with one attached hydrogen (secondary N) is 2. The van der Waals surface area contributed by atoms with Crippen LogP contribution in [0.1, 0.15) is 16.3 Å². The van der Waals surface area contributed by atoms with Crippen LogP contribution >= 0.6 is 27.5 Å². The predicted octanol–water partition coefficient (Wildman–Crippen LogP) is 3.72. The van der Waals surface area contributed by atoms with Crippen molar-refractivity contribution < 1.29 is 19.1 Å². The Morgan fingerprint density at radius 2 is 2.05 bits per heavy atom. The average molecular weight is 374 g/mol. The summed E-state index contributed by atoms with van der Waals surface area (Å²) in [6.45, 7) is 0.0668. The lowest BCUT2D eigenvalue weighted by molar-refractivity contribution is 0.0660. The summed E-state index contributed by atoms with van der Waals surface area (Å²) in [4.78, 5) is 22.4. The number of amides is 2. The Kier molecular flexibility index (Phi) is 4.87. The van der Waals surface area contributed by atoms with Gasteiger partial charge in [-0.3, -0.25) is 0 Å². The van der Waals surface area contributed by atoms with Crippen LogP contribution in [0.3, 0.4) is 0 Å². The minimum atomic E-state index is -1.16. The van der Waals surface area contributed by atoms with E-state index in [0.29, 0.717) is 20.9 Å². The van der Waals surface area contributed by atoms with Crippen molar-refractivity contribution in [3.05, 3.63) is 51.3 Å². The first-order chi connectivity index (χ1) is 9.97. The molecule has 0 aliphatic heterocycles. The van der Waals surface area contributed by atoms with Crippen LogP contribution in [0.5, 0.6) is 0 Å². The highest BCUT2D eigenvalue weighted by Crippen LogP contribution is 2.29. The van der Waals surface area contributed by atoms with Crippen molar-refractivity contribution in [1.29, 1.82) is 0 Å². The molecule has 0 atom stereocenters. The molecule has 2 aromatic rings. The zero-order valence-corrected chi connectivity index (χ0v) is 12.9. The number of hydrogen-bond acceptors (Lipinski definition) is 3. The molecule has 3 N–H and O–H groups in total. The van der Waals surface area contributed by atoms with Gasteiger partial charge in [0, 0.05) is 0 Å². The molecule has 21 heavy (non-hydrogen) atoms. The second kappa shape index (κ2) is 6.64. The highest BCUT2D eigenvalue weighted by atomic mass is 79.9. The van der Waals surface area contributed by atoms with Crippen molar-refractivity contribution in [2.24, 2.45) is 0 Å². The maximum Gasteiger partial charge on any atom is 0.371 e. The van der Waals surface area contributed by atoms with E-state index in [9.17, 15) is 9.59 Å². The Morgan fingerprint density at radius 1 is 1.29 bits per heavy atom. The molecule has 0 unspecified atom stereocenters. The molecule has 8 heteroatoms. The molecule has 0 aliphatic rings. The van der Waals surface area contributed by atoms with Crippen molar-refractivity contribution in [3.8, 4) is 0 Å². The van der Waals surface area contributed by atoms with E-state index in [1.54, 1.807) is 18.2 Å². The molecule has 2 amide bonds. The van der Waals surface area contributed by atoms with E-state index in [2.05, 4.69) is 26.6 Å². The summed E-state index contributed by atoms with van der Waals surface area (Å²) in [6.07, 6.45) is 0. The largest absolute Gasteiger partial charge is 0.475 e. The van der Waals surface area contributed by atoms with Crippen molar-refractivity contribution >= 4 is 45.2 Å². The summed E-state index contributed by atoms with van der Waals surface area (Å²) >= 11 is 9.18. The molecule has 0 radical (unpaired) electrons. The van der Waals surface area contributed by atoms with Gasteiger partial charge in [0.1, 0.15) is 5.76 Å². The van der Waals surface area contributed by atoms with Crippen LogP contribution in [0.2, 0.25) is 5.02 Å². The third-order valence-corrected chi connectivity index (χ3v) is 3.89. The molecule has 1 aromatic carbocycles. The third kappa shape index (κ3) is 3.99. The lowest BCUT2D eigenvalue weighted by Gasteiger charge is -2.09. The predicted molar refractivity (Wildman–Crippen MR) is 80.7 cm³/mol. The SMILES string of the molecule is O=C(NCc1ccc(C(=O)O)o1)Nc1cccc(Cl)c1Br. The Bertz CT molecular complexity index is 687. The van der Waals surface area contributed by atoms with Gasteiger partial charge in [0.2, 0.25) is 5.76 Å². The standard InChI is InChI=1S/C13H10BrClN2O4/c14-11-8(15)2-1-3-9(11)17-13(20)16-6-7-4-5-10(21-7)12(18)19/h1-5H,6H2,(H,18,19)(H2,16,17,20). The maximum absolute atomic E-state index is 11.7. The molecule has 1 heterocycles. The Hall–Kier alpha value is -1.99. The van der Waals surface area contributed by atoms with Crippen LogP contribution < -0.4 is 10.6 Å². The number of hydrogen-bond donors (Lipinski definition) is 3. The van der Waals surface area contributed by atoms with Crippen LogP contribution in [-0.4, -0.2) is 17.1 Å². The molecule has 110 valence electrons.